The van der Waals surface area contributed by atoms with Crippen LogP contribution in [0, 0.1) is 11.8 Å². The number of alkyl halides is 1. The first-order chi connectivity index (χ1) is 18.0. The van der Waals surface area contributed by atoms with Crippen LogP contribution in [-0.2, 0) is 20.7 Å². The molecule has 1 aromatic heterocycles. The average Bonchev–Trinajstić information content (AvgIpc) is 3.52. The maximum Gasteiger partial charge on any atom is 0.329 e. The zero-order valence-corrected chi connectivity index (χ0v) is 22.4. The smallest absolute Gasteiger partial charge is 0.329 e. The number of aliphatic hydroxyl groups is 1. The van der Waals surface area contributed by atoms with Gasteiger partial charge in [0, 0.05) is 25.4 Å². The van der Waals surface area contributed by atoms with Gasteiger partial charge in [0.15, 0.2) is 11.6 Å². The van der Waals surface area contributed by atoms with Crippen LogP contribution >= 0.6 is 0 Å². The fraction of sp³-hybridized carbons (Fsp3) is 0.571. The fourth-order valence-corrected chi connectivity index (χ4v) is 4.74. The third-order valence-electron chi connectivity index (χ3n) is 6.66. The van der Waals surface area contributed by atoms with Crippen molar-refractivity contribution < 1.29 is 33.0 Å². The Hall–Kier alpha value is -3.27. The lowest BCUT2D eigenvalue weighted by Gasteiger charge is -2.29. The van der Waals surface area contributed by atoms with Crippen molar-refractivity contribution in [1.29, 1.82) is 0 Å². The van der Waals surface area contributed by atoms with Crippen molar-refractivity contribution in [3.05, 3.63) is 53.8 Å². The Morgan fingerprint density at radius 3 is 2.74 bits per heavy atom. The quantitative estimate of drug-likeness (QED) is 0.533. The van der Waals surface area contributed by atoms with Crippen LogP contribution in [-0.4, -0.2) is 70.3 Å². The standard InChI is InChI=1S/C28H38FN3O6/c1-17(2)26-19(4)9-10-24(34)30-11-5-7-18(3)13-21(33)14-20(29)15-25-31-22(16-37-25)27(35)32-12-6-8-23(32)28(36)38-26/h5,7,9-10,13,16-17,19-21,23,26,33H,6,8,11-12,14-15H2,1-4H3,(H,30,34)/b7-5?,10-9+,18-13+. The number of carbonyl (C=O) groups excluding carboxylic acids is 3. The average molecular weight is 532 g/mol. The second kappa shape index (κ2) is 13.5. The van der Waals surface area contributed by atoms with Gasteiger partial charge in [-0.3, -0.25) is 9.59 Å². The molecule has 2 aliphatic heterocycles. The number of amides is 2. The van der Waals surface area contributed by atoms with Gasteiger partial charge in [-0.1, -0.05) is 50.6 Å². The molecule has 2 N–H and O–H groups in total. The molecule has 208 valence electrons. The third kappa shape index (κ3) is 8.11. The summed E-state index contributed by atoms with van der Waals surface area (Å²) in [5.74, 6) is -1.51. The Morgan fingerprint density at radius 2 is 2.00 bits per heavy atom. The first-order valence-corrected chi connectivity index (χ1v) is 13.1. The number of halogens is 1. The Morgan fingerprint density at radius 1 is 1.24 bits per heavy atom. The van der Waals surface area contributed by atoms with Gasteiger partial charge >= 0.3 is 5.97 Å². The summed E-state index contributed by atoms with van der Waals surface area (Å²) in [5.41, 5.74) is 0.710. The molecule has 0 aliphatic carbocycles. The number of allylic oxidation sites excluding steroid dienone is 2. The molecule has 1 saturated heterocycles. The lowest BCUT2D eigenvalue weighted by atomic mass is 9.94. The number of hydrogen-bond donors (Lipinski definition) is 2. The summed E-state index contributed by atoms with van der Waals surface area (Å²) in [7, 11) is 0. The van der Waals surface area contributed by atoms with Crippen molar-refractivity contribution in [2.75, 3.05) is 13.1 Å². The van der Waals surface area contributed by atoms with Crippen molar-refractivity contribution in [3.8, 4) is 0 Å². The van der Waals surface area contributed by atoms with E-state index in [1.807, 2.05) is 20.8 Å². The Balaban J connectivity index is 1.85. The molecule has 10 heteroatoms. The Bertz CT molecular complexity index is 1080. The highest BCUT2D eigenvalue weighted by atomic mass is 19.1. The number of nitrogens with zero attached hydrogens (tertiary/aromatic N) is 2. The maximum atomic E-state index is 14.6. The van der Waals surface area contributed by atoms with E-state index in [0.29, 0.717) is 25.0 Å². The molecule has 38 heavy (non-hydrogen) atoms. The van der Waals surface area contributed by atoms with Crippen molar-refractivity contribution in [3.63, 3.8) is 0 Å². The summed E-state index contributed by atoms with van der Waals surface area (Å²) in [6, 6.07) is -0.768. The van der Waals surface area contributed by atoms with Crippen LogP contribution in [0.3, 0.4) is 0 Å². The molecule has 1 aromatic rings. The highest BCUT2D eigenvalue weighted by Crippen LogP contribution is 2.25. The normalized spacial score (nSPS) is 30.8. The van der Waals surface area contributed by atoms with Gasteiger partial charge in [0.25, 0.3) is 5.91 Å². The molecule has 9 nitrogen and oxygen atoms in total. The second-order valence-electron chi connectivity index (χ2n) is 10.3. The minimum Gasteiger partial charge on any atom is -0.460 e. The van der Waals surface area contributed by atoms with Crippen molar-refractivity contribution >= 4 is 17.8 Å². The van der Waals surface area contributed by atoms with Gasteiger partial charge in [-0.25, -0.2) is 14.2 Å². The first-order valence-electron chi connectivity index (χ1n) is 13.1. The molecular weight excluding hydrogens is 493 g/mol. The lowest BCUT2D eigenvalue weighted by Crippen LogP contribution is -2.44. The number of rotatable bonds is 1. The SMILES string of the molecule is C/C1=C\C(O)CC(F)Cc2nc(co2)C(=O)N2CCCC2C(=O)OC(C(C)C)C(C)/C=C/C(=O)NCC=C1. The molecule has 3 heterocycles. The number of esters is 1. The predicted molar refractivity (Wildman–Crippen MR) is 139 cm³/mol. The van der Waals surface area contributed by atoms with Gasteiger partial charge in [-0.05, 0) is 31.8 Å². The van der Waals surface area contributed by atoms with Gasteiger partial charge in [-0.15, -0.1) is 0 Å². The summed E-state index contributed by atoms with van der Waals surface area (Å²) in [6.07, 6.45) is 7.01. The molecule has 5 atom stereocenters. The molecule has 2 amide bonds. The van der Waals surface area contributed by atoms with E-state index in [1.165, 1.54) is 23.3 Å². The zero-order valence-electron chi connectivity index (χ0n) is 22.4. The van der Waals surface area contributed by atoms with Gasteiger partial charge in [0.2, 0.25) is 5.91 Å². The molecule has 0 spiro atoms. The fourth-order valence-electron chi connectivity index (χ4n) is 4.74. The summed E-state index contributed by atoms with van der Waals surface area (Å²) in [4.78, 5) is 44.1. The Kier molecular flexibility index (Phi) is 10.4. The Labute approximate surface area is 222 Å². The molecule has 2 bridgehead atoms. The minimum atomic E-state index is -1.45. The molecule has 1 fully saturated rings. The molecular formula is C28H38FN3O6. The van der Waals surface area contributed by atoms with Gasteiger partial charge in [0.05, 0.1) is 12.5 Å². The minimum absolute atomic E-state index is 0.00515. The zero-order chi connectivity index (χ0) is 27.8. The number of hydrogen-bond acceptors (Lipinski definition) is 7. The van der Waals surface area contributed by atoms with E-state index in [9.17, 15) is 23.9 Å². The van der Waals surface area contributed by atoms with Crippen LogP contribution in [0.15, 0.2) is 46.6 Å². The molecule has 0 radical (unpaired) electrons. The largest absolute Gasteiger partial charge is 0.460 e. The van der Waals surface area contributed by atoms with Gasteiger partial charge in [0.1, 0.15) is 24.6 Å². The molecule has 0 aromatic carbocycles. The monoisotopic (exact) mass is 531 g/mol. The van der Waals surface area contributed by atoms with E-state index in [1.54, 1.807) is 25.2 Å². The van der Waals surface area contributed by atoms with Crippen molar-refractivity contribution in [1.82, 2.24) is 15.2 Å². The highest BCUT2D eigenvalue weighted by molar-refractivity contribution is 5.95. The van der Waals surface area contributed by atoms with Crippen LogP contribution in [0.25, 0.3) is 0 Å². The molecule has 5 unspecified atom stereocenters. The van der Waals surface area contributed by atoms with Crippen molar-refractivity contribution in [2.45, 2.75) is 77.8 Å². The number of nitrogens with one attached hydrogen (secondary N) is 1. The van der Waals surface area contributed by atoms with Crippen LogP contribution < -0.4 is 5.32 Å². The number of aromatic nitrogens is 1. The van der Waals surface area contributed by atoms with E-state index in [-0.39, 0.29) is 48.7 Å². The summed E-state index contributed by atoms with van der Waals surface area (Å²) in [5, 5.41) is 13.0. The maximum absolute atomic E-state index is 14.6. The van der Waals surface area contributed by atoms with E-state index in [2.05, 4.69) is 10.3 Å². The highest BCUT2D eigenvalue weighted by Gasteiger charge is 2.38. The van der Waals surface area contributed by atoms with Gasteiger partial charge < -0.3 is 24.5 Å². The molecule has 0 saturated carbocycles. The first kappa shape index (κ1) is 29.3. The number of carbonyl (C=O) groups is 3. The van der Waals surface area contributed by atoms with Crippen LogP contribution in [0.5, 0.6) is 0 Å². The van der Waals surface area contributed by atoms with Crippen molar-refractivity contribution in [2.24, 2.45) is 11.8 Å². The number of fused-ring (bicyclic) bond motifs is 3. The van der Waals surface area contributed by atoms with E-state index in [4.69, 9.17) is 9.15 Å². The van der Waals surface area contributed by atoms with Crippen LogP contribution in [0.1, 0.15) is 63.3 Å². The number of oxazole rings is 1. The number of aliphatic hydroxyl groups excluding tert-OH is 1. The summed E-state index contributed by atoms with van der Waals surface area (Å²) < 4.78 is 25.8. The van der Waals surface area contributed by atoms with Gasteiger partial charge in [-0.2, -0.15) is 0 Å². The third-order valence-corrected chi connectivity index (χ3v) is 6.66. The summed E-state index contributed by atoms with van der Waals surface area (Å²) >= 11 is 0. The van der Waals surface area contributed by atoms with E-state index < -0.39 is 36.3 Å². The van der Waals surface area contributed by atoms with Crippen LogP contribution in [0.2, 0.25) is 0 Å². The van der Waals surface area contributed by atoms with E-state index >= 15 is 0 Å². The topological polar surface area (TPSA) is 122 Å². The van der Waals surface area contributed by atoms with Crippen LogP contribution in [0.4, 0.5) is 4.39 Å². The number of cyclic esters (lactones) is 1. The second-order valence-corrected chi connectivity index (χ2v) is 10.3. The molecule has 3 rings (SSSR count). The predicted octanol–water partition coefficient (Wildman–Crippen LogP) is 3.30. The summed E-state index contributed by atoms with van der Waals surface area (Å²) in [6.45, 7) is 8.13. The number of ether oxygens (including phenoxy) is 1. The van der Waals surface area contributed by atoms with E-state index in [0.717, 1.165) is 0 Å². The lowest BCUT2D eigenvalue weighted by molar-refractivity contribution is -0.158. The molecule has 2 aliphatic rings.